The van der Waals surface area contributed by atoms with Crippen molar-refractivity contribution >= 4 is 21.7 Å². The van der Waals surface area contributed by atoms with Crippen molar-refractivity contribution in [2.75, 3.05) is 5.73 Å². The first-order valence-corrected chi connectivity index (χ1v) is 7.53. The molecule has 3 nitrogen and oxygen atoms in total. The number of hydrogen-bond acceptors (Lipinski definition) is 2. The lowest BCUT2D eigenvalue weighted by atomic mass is 10.1. The summed E-state index contributed by atoms with van der Waals surface area (Å²) in [5.74, 6) is 0.632. The molecule has 106 valence electrons. The van der Waals surface area contributed by atoms with Gasteiger partial charge in [0.05, 0.1) is 11.4 Å². The zero-order chi connectivity index (χ0) is 15.0. The predicted octanol–water partition coefficient (Wildman–Crippen LogP) is 4.50. The first kappa shape index (κ1) is 13.9. The molecule has 0 saturated carbocycles. The van der Waals surface area contributed by atoms with Crippen LogP contribution >= 0.6 is 15.9 Å². The summed E-state index contributed by atoms with van der Waals surface area (Å²) in [6.07, 6.45) is 0. The lowest BCUT2D eigenvalue weighted by molar-refractivity contribution is 0.886. The predicted molar refractivity (Wildman–Crippen MR) is 90.6 cm³/mol. The highest BCUT2D eigenvalue weighted by Crippen LogP contribution is 2.29. The molecule has 1 aromatic heterocycles. The maximum Gasteiger partial charge on any atom is 0.127 e. The first-order valence-electron chi connectivity index (χ1n) is 6.74. The van der Waals surface area contributed by atoms with E-state index in [0.29, 0.717) is 5.82 Å². The Labute approximate surface area is 132 Å². The molecule has 0 radical (unpaired) electrons. The van der Waals surface area contributed by atoms with Gasteiger partial charge in [0.1, 0.15) is 5.82 Å². The van der Waals surface area contributed by atoms with Crippen molar-refractivity contribution in [3.63, 3.8) is 0 Å². The summed E-state index contributed by atoms with van der Waals surface area (Å²) < 4.78 is 2.80. The van der Waals surface area contributed by atoms with Gasteiger partial charge in [0.2, 0.25) is 0 Å². The zero-order valence-electron chi connectivity index (χ0n) is 12.0. The monoisotopic (exact) mass is 341 g/mol. The fraction of sp³-hybridized carbons (Fsp3) is 0.118. The van der Waals surface area contributed by atoms with E-state index in [9.17, 15) is 0 Å². The molecule has 0 amide bonds. The minimum absolute atomic E-state index is 0.632. The molecule has 0 saturated heterocycles. The zero-order valence-corrected chi connectivity index (χ0v) is 13.6. The summed E-state index contributed by atoms with van der Waals surface area (Å²) in [4.78, 5) is 0. The normalized spacial score (nSPS) is 10.8. The lowest BCUT2D eigenvalue weighted by Crippen LogP contribution is -2.03. The number of halogens is 1. The van der Waals surface area contributed by atoms with Crippen LogP contribution < -0.4 is 5.73 Å². The van der Waals surface area contributed by atoms with Gasteiger partial charge in [0.25, 0.3) is 0 Å². The smallest absolute Gasteiger partial charge is 0.127 e. The van der Waals surface area contributed by atoms with Gasteiger partial charge in [-0.3, -0.25) is 0 Å². The van der Waals surface area contributed by atoms with E-state index in [2.05, 4.69) is 53.1 Å². The van der Waals surface area contributed by atoms with Gasteiger partial charge in [0.15, 0.2) is 0 Å². The van der Waals surface area contributed by atoms with Gasteiger partial charge >= 0.3 is 0 Å². The summed E-state index contributed by atoms with van der Waals surface area (Å²) >= 11 is 3.56. The maximum absolute atomic E-state index is 6.15. The third-order valence-electron chi connectivity index (χ3n) is 3.47. The number of hydrogen-bond donors (Lipinski definition) is 1. The van der Waals surface area contributed by atoms with Crippen LogP contribution in [0.4, 0.5) is 5.82 Å². The highest BCUT2D eigenvalue weighted by molar-refractivity contribution is 9.10. The Balaban J connectivity index is 2.12. The van der Waals surface area contributed by atoms with Crippen LogP contribution in [0.2, 0.25) is 0 Å². The van der Waals surface area contributed by atoms with Crippen molar-refractivity contribution in [1.29, 1.82) is 0 Å². The van der Waals surface area contributed by atoms with E-state index >= 15 is 0 Å². The highest BCUT2D eigenvalue weighted by atomic mass is 79.9. The van der Waals surface area contributed by atoms with Crippen LogP contribution in [0.15, 0.2) is 53.0 Å². The molecule has 2 aromatic carbocycles. The van der Waals surface area contributed by atoms with Gasteiger partial charge in [-0.25, -0.2) is 4.68 Å². The van der Waals surface area contributed by atoms with Gasteiger partial charge in [-0.15, -0.1) is 0 Å². The summed E-state index contributed by atoms with van der Waals surface area (Å²) in [5.41, 5.74) is 11.4. The molecule has 0 atom stereocenters. The number of benzene rings is 2. The molecule has 0 bridgehead atoms. The number of nitrogens with zero attached hydrogens (tertiary/aromatic N) is 2. The van der Waals surface area contributed by atoms with Gasteiger partial charge < -0.3 is 5.73 Å². The second-order valence-electron chi connectivity index (χ2n) is 5.14. The minimum atomic E-state index is 0.632. The van der Waals surface area contributed by atoms with Crippen molar-refractivity contribution in [2.24, 2.45) is 0 Å². The van der Waals surface area contributed by atoms with Crippen LogP contribution in [-0.4, -0.2) is 9.78 Å². The van der Waals surface area contributed by atoms with Crippen LogP contribution in [-0.2, 0) is 0 Å². The molecule has 0 unspecified atom stereocenters. The van der Waals surface area contributed by atoms with E-state index in [4.69, 9.17) is 5.73 Å². The lowest BCUT2D eigenvalue weighted by Gasteiger charge is -2.08. The molecule has 3 aromatic rings. The van der Waals surface area contributed by atoms with Crippen LogP contribution in [0.1, 0.15) is 11.1 Å². The summed E-state index contributed by atoms with van der Waals surface area (Å²) in [7, 11) is 0. The molecule has 2 N–H and O–H groups in total. The number of rotatable bonds is 2. The second kappa shape index (κ2) is 5.37. The summed E-state index contributed by atoms with van der Waals surface area (Å²) in [6, 6.07) is 16.2. The Hall–Kier alpha value is -2.07. The van der Waals surface area contributed by atoms with Crippen molar-refractivity contribution in [3.05, 3.63) is 64.1 Å². The molecular formula is C17H16BrN3. The number of nitrogens with two attached hydrogens (primary N) is 1. The Kier molecular flexibility index (Phi) is 3.55. The number of nitrogen functional groups attached to an aromatic ring is 1. The molecule has 21 heavy (non-hydrogen) atoms. The topological polar surface area (TPSA) is 43.8 Å². The third kappa shape index (κ3) is 2.59. The summed E-state index contributed by atoms with van der Waals surface area (Å²) in [5, 5.41) is 4.66. The van der Waals surface area contributed by atoms with E-state index in [1.807, 2.05) is 30.3 Å². The largest absolute Gasteiger partial charge is 0.384 e. The van der Waals surface area contributed by atoms with Gasteiger partial charge in [-0.1, -0.05) is 51.8 Å². The van der Waals surface area contributed by atoms with E-state index in [1.165, 1.54) is 5.56 Å². The number of anilines is 1. The number of aromatic nitrogens is 2. The minimum Gasteiger partial charge on any atom is -0.384 e. The number of aryl methyl sites for hydroxylation is 2. The quantitative estimate of drug-likeness (QED) is 0.745. The first-order chi connectivity index (χ1) is 10.1. The molecule has 0 aliphatic rings. The average molecular weight is 342 g/mol. The molecular weight excluding hydrogens is 326 g/mol. The van der Waals surface area contributed by atoms with Crippen molar-refractivity contribution in [3.8, 4) is 16.9 Å². The standard InChI is InChI=1S/C17H16BrN3/c1-11-7-8-16(12(2)9-11)21-17(19)10-15(20-21)13-5-3-4-6-14(13)18/h3-10H,19H2,1-2H3. The molecule has 4 heteroatoms. The van der Waals surface area contributed by atoms with Gasteiger partial charge in [0, 0.05) is 16.1 Å². The van der Waals surface area contributed by atoms with E-state index < -0.39 is 0 Å². The van der Waals surface area contributed by atoms with Crippen LogP contribution in [0.3, 0.4) is 0 Å². The maximum atomic E-state index is 6.15. The SMILES string of the molecule is Cc1ccc(-n2nc(-c3ccccc3Br)cc2N)c(C)c1. The Morgan fingerprint density at radius 3 is 2.52 bits per heavy atom. The van der Waals surface area contributed by atoms with Crippen molar-refractivity contribution in [2.45, 2.75) is 13.8 Å². The molecule has 0 aliphatic carbocycles. The fourth-order valence-electron chi connectivity index (χ4n) is 2.43. The van der Waals surface area contributed by atoms with Crippen molar-refractivity contribution < 1.29 is 0 Å². The Morgan fingerprint density at radius 2 is 1.81 bits per heavy atom. The van der Waals surface area contributed by atoms with E-state index in [0.717, 1.165) is 27.0 Å². The molecule has 0 fully saturated rings. The van der Waals surface area contributed by atoms with Crippen LogP contribution in [0.25, 0.3) is 16.9 Å². The molecule has 0 spiro atoms. The second-order valence-corrected chi connectivity index (χ2v) is 5.99. The Morgan fingerprint density at radius 1 is 1.05 bits per heavy atom. The molecule has 3 rings (SSSR count). The average Bonchev–Trinajstić information content (AvgIpc) is 2.81. The fourth-order valence-corrected chi connectivity index (χ4v) is 2.92. The van der Waals surface area contributed by atoms with Gasteiger partial charge in [-0.05, 0) is 31.5 Å². The van der Waals surface area contributed by atoms with Crippen LogP contribution in [0, 0.1) is 13.8 Å². The van der Waals surface area contributed by atoms with E-state index in [1.54, 1.807) is 4.68 Å². The highest BCUT2D eigenvalue weighted by Gasteiger charge is 2.12. The van der Waals surface area contributed by atoms with Gasteiger partial charge in [-0.2, -0.15) is 5.10 Å². The van der Waals surface area contributed by atoms with Crippen molar-refractivity contribution in [1.82, 2.24) is 9.78 Å². The van der Waals surface area contributed by atoms with E-state index in [-0.39, 0.29) is 0 Å². The molecule has 0 aliphatic heterocycles. The third-order valence-corrected chi connectivity index (χ3v) is 4.16. The molecule has 1 heterocycles. The van der Waals surface area contributed by atoms with Crippen LogP contribution in [0.5, 0.6) is 0 Å². The summed E-state index contributed by atoms with van der Waals surface area (Å²) in [6.45, 7) is 4.15. The Bertz CT molecular complexity index is 806.